The van der Waals surface area contributed by atoms with Gasteiger partial charge in [-0.05, 0) is 49.6 Å². The van der Waals surface area contributed by atoms with Gasteiger partial charge in [-0.25, -0.2) is 4.98 Å². The first-order chi connectivity index (χ1) is 11.7. The number of nitrogens with one attached hydrogen (secondary N) is 1. The van der Waals surface area contributed by atoms with E-state index in [4.69, 9.17) is 9.15 Å². The number of aryl methyl sites for hydroxylation is 1. The van der Waals surface area contributed by atoms with E-state index in [0.717, 1.165) is 40.8 Å². The molecule has 1 amide bonds. The second-order valence-electron chi connectivity index (χ2n) is 6.01. The van der Waals surface area contributed by atoms with Crippen LogP contribution in [-0.2, 0) is 9.53 Å². The van der Waals surface area contributed by atoms with Crippen LogP contribution >= 0.6 is 0 Å². The first-order valence-corrected chi connectivity index (χ1v) is 8.10. The second kappa shape index (κ2) is 6.09. The van der Waals surface area contributed by atoms with Gasteiger partial charge < -0.3 is 14.5 Å². The molecule has 2 heterocycles. The van der Waals surface area contributed by atoms with E-state index in [2.05, 4.69) is 10.3 Å². The molecule has 122 valence electrons. The Balaban J connectivity index is 1.64. The van der Waals surface area contributed by atoms with Crippen LogP contribution in [0.5, 0.6) is 0 Å². The van der Waals surface area contributed by atoms with Crippen LogP contribution in [0.25, 0.3) is 22.6 Å². The maximum Gasteiger partial charge on any atom is 0.253 e. The van der Waals surface area contributed by atoms with E-state index >= 15 is 0 Å². The first kappa shape index (κ1) is 14.9. The molecule has 5 nitrogen and oxygen atoms in total. The van der Waals surface area contributed by atoms with Crippen molar-refractivity contribution in [1.29, 1.82) is 0 Å². The average Bonchev–Trinajstić information content (AvgIpc) is 3.26. The lowest BCUT2D eigenvalue weighted by atomic mass is 10.1. The van der Waals surface area contributed by atoms with Gasteiger partial charge in [-0.2, -0.15) is 0 Å². The van der Waals surface area contributed by atoms with E-state index in [-0.39, 0.29) is 12.0 Å². The maximum atomic E-state index is 12.3. The number of ether oxygens (including phenoxy) is 1. The number of hydrogen-bond donors (Lipinski definition) is 1. The zero-order chi connectivity index (χ0) is 16.5. The Morgan fingerprint density at radius 1 is 1.25 bits per heavy atom. The molecule has 1 fully saturated rings. The van der Waals surface area contributed by atoms with Crippen molar-refractivity contribution in [2.24, 2.45) is 0 Å². The summed E-state index contributed by atoms with van der Waals surface area (Å²) in [5.74, 6) is 0.453. The summed E-state index contributed by atoms with van der Waals surface area (Å²) in [4.78, 5) is 16.8. The molecule has 1 N–H and O–H groups in total. The van der Waals surface area contributed by atoms with Gasteiger partial charge in [-0.1, -0.05) is 18.2 Å². The molecule has 1 aliphatic heterocycles. The van der Waals surface area contributed by atoms with Gasteiger partial charge in [0.1, 0.15) is 11.6 Å². The van der Waals surface area contributed by atoms with Crippen LogP contribution in [-0.4, -0.2) is 23.6 Å². The molecule has 1 unspecified atom stereocenters. The fourth-order valence-corrected chi connectivity index (χ4v) is 2.88. The molecule has 1 atom stereocenters. The predicted molar refractivity (Wildman–Crippen MR) is 91.8 cm³/mol. The Morgan fingerprint density at radius 2 is 2.12 bits per heavy atom. The summed E-state index contributed by atoms with van der Waals surface area (Å²) in [6, 6.07) is 13.4. The van der Waals surface area contributed by atoms with Crippen molar-refractivity contribution < 1.29 is 13.9 Å². The summed E-state index contributed by atoms with van der Waals surface area (Å²) in [5.41, 5.74) is 4.15. The van der Waals surface area contributed by atoms with Gasteiger partial charge in [0, 0.05) is 17.9 Å². The number of rotatable bonds is 3. The molecule has 0 spiro atoms. The number of aromatic nitrogens is 1. The molecular weight excluding hydrogens is 304 g/mol. The van der Waals surface area contributed by atoms with Crippen LogP contribution in [0.15, 0.2) is 46.9 Å². The zero-order valence-electron chi connectivity index (χ0n) is 13.4. The average molecular weight is 322 g/mol. The Kier molecular flexibility index (Phi) is 3.78. The summed E-state index contributed by atoms with van der Waals surface area (Å²) in [7, 11) is 0. The van der Waals surface area contributed by atoms with Gasteiger partial charge in [0.25, 0.3) is 5.91 Å². The lowest BCUT2D eigenvalue weighted by molar-refractivity contribution is -0.124. The van der Waals surface area contributed by atoms with Crippen LogP contribution in [0, 0.1) is 6.92 Å². The quantitative estimate of drug-likeness (QED) is 0.794. The van der Waals surface area contributed by atoms with Crippen molar-refractivity contribution in [2.75, 3.05) is 11.9 Å². The topological polar surface area (TPSA) is 64.4 Å². The largest absolute Gasteiger partial charge is 0.436 e. The van der Waals surface area contributed by atoms with Crippen LogP contribution in [0.4, 0.5) is 5.69 Å². The van der Waals surface area contributed by atoms with E-state index < -0.39 is 0 Å². The van der Waals surface area contributed by atoms with Crippen molar-refractivity contribution in [3.05, 3.63) is 48.0 Å². The number of hydrogen-bond acceptors (Lipinski definition) is 4. The number of fused-ring (bicyclic) bond motifs is 1. The van der Waals surface area contributed by atoms with E-state index in [9.17, 15) is 4.79 Å². The molecule has 24 heavy (non-hydrogen) atoms. The number of carbonyl (C=O) groups excluding carboxylic acids is 1. The third kappa shape index (κ3) is 2.78. The highest BCUT2D eigenvalue weighted by atomic mass is 16.5. The predicted octanol–water partition coefficient (Wildman–Crippen LogP) is 3.92. The minimum absolute atomic E-state index is 0.0923. The molecule has 0 radical (unpaired) electrons. The summed E-state index contributed by atoms with van der Waals surface area (Å²) in [5, 5.41) is 2.96. The minimum Gasteiger partial charge on any atom is -0.436 e. The summed E-state index contributed by atoms with van der Waals surface area (Å²) >= 11 is 0. The highest BCUT2D eigenvalue weighted by Crippen LogP contribution is 2.28. The number of anilines is 1. The zero-order valence-corrected chi connectivity index (χ0v) is 13.4. The molecule has 4 rings (SSSR count). The lowest BCUT2D eigenvalue weighted by Gasteiger charge is -2.13. The van der Waals surface area contributed by atoms with E-state index in [1.54, 1.807) is 0 Å². The van der Waals surface area contributed by atoms with Gasteiger partial charge in [0.2, 0.25) is 5.89 Å². The smallest absolute Gasteiger partial charge is 0.253 e. The monoisotopic (exact) mass is 322 g/mol. The standard InChI is InChI=1S/C19H18N2O3/c1-12-8-9-13(19-21-14-5-2-3-6-16(14)24-19)11-15(12)20-18(22)17-7-4-10-23-17/h2-3,5-6,8-9,11,17H,4,7,10H2,1H3,(H,20,22). The van der Waals surface area contributed by atoms with E-state index in [1.807, 2.05) is 49.4 Å². The van der Waals surface area contributed by atoms with Crippen molar-refractivity contribution >= 4 is 22.7 Å². The van der Waals surface area contributed by atoms with E-state index in [1.165, 1.54) is 0 Å². The van der Waals surface area contributed by atoms with Crippen molar-refractivity contribution in [2.45, 2.75) is 25.9 Å². The van der Waals surface area contributed by atoms with Crippen LogP contribution < -0.4 is 5.32 Å². The highest BCUT2D eigenvalue weighted by Gasteiger charge is 2.24. The number of amides is 1. The van der Waals surface area contributed by atoms with Gasteiger partial charge in [0.05, 0.1) is 0 Å². The Hall–Kier alpha value is -2.66. The van der Waals surface area contributed by atoms with Gasteiger partial charge in [-0.15, -0.1) is 0 Å². The summed E-state index contributed by atoms with van der Waals surface area (Å²) < 4.78 is 11.2. The Bertz CT molecular complexity index is 862. The number of benzene rings is 2. The number of carbonyl (C=O) groups is 1. The lowest BCUT2D eigenvalue weighted by Crippen LogP contribution is -2.27. The van der Waals surface area contributed by atoms with Gasteiger partial charge >= 0.3 is 0 Å². The number of nitrogens with zero attached hydrogens (tertiary/aromatic N) is 1. The van der Waals surface area contributed by atoms with Crippen molar-refractivity contribution in [3.63, 3.8) is 0 Å². The molecule has 3 aromatic rings. The van der Waals surface area contributed by atoms with Crippen LogP contribution in [0.2, 0.25) is 0 Å². The van der Waals surface area contributed by atoms with Crippen LogP contribution in [0.3, 0.4) is 0 Å². The molecule has 1 saturated heterocycles. The summed E-state index contributed by atoms with van der Waals surface area (Å²) in [6.45, 7) is 2.61. The van der Waals surface area contributed by atoms with Gasteiger partial charge in [0.15, 0.2) is 5.58 Å². The van der Waals surface area contributed by atoms with Gasteiger partial charge in [-0.3, -0.25) is 4.79 Å². The van der Waals surface area contributed by atoms with Crippen molar-refractivity contribution in [1.82, 2.24) is 4.98 Å². The normalized spacial score (nSPS) is 17.3. The van der Waals surface area contributed by atoms with E-state index in [0.29, 0.717) is 12.5 Å². The highest BCUT2D eigenvalue weighted by molar-refractivity contribution is 5.95. The molecule has 0 saturated carbocycles. The fraction of sp³-hybridized carbons (Fsp3) is 0.263. The van der Waals surface area contributed by atoms with Crippen LogP contribution in [0.1, 0.15) is 18.4 Å². The number of para-hydroxylation sites is 2. The fourth-order valence-electron chi connectivity index (χ4n) is 2.88. The molecule has 5 heteroatoms. The molecule has 2 aromatic carbocycles. The number of oxazole rings is 1. The minimum atomic E-state index is -0.350. The third-order valence-corrected chi connectivity index (χ3v) is 4.26. The molecule has 1 aliphatic rings. The van der Waals surface area contributed by atoms with Crippen molar-refractivity contribution in [3.8, 4) is 11.5 Å². The third-order valence-electron chi connectivity index (χ3n) is 4.26. The maximum absolute atomic E-state index is 12.3. The molecule has 0 bridgehead atoms. The molecule has 1 aromatic heterocycles. The Labute approximate surface area is 139 Å². The summed E-state index contributed by atoms with van der Waals surface area (Å²) in [6.07, 6.45) is 1.35. The second-order valence-corrected chi connectivity index (χ2v) is 6.01. The molecule has 0 aliphatic carbocycles. The first-order valence-electron chi connectivity index (χ1n) is 8.10. The Morgan fingerprint density at radius 3 is 2.92 bits per heavy atom. The SMILES string of the molecule is Cc1ccc(-c2nc3ccccc3o2)cc1NC(=O)C1CCCO1. The molecular formula is C19H18N2O3.